The van der Waals surface area contributed by atoms with Crippen molar-refractivity contribution in [3.05, 3.63) is 12.3 Å². The summed E-state index contributed by atoms with van der Waals surface area (Å²) in [5.74, 6) is 1.49. The van der Waals surface area contributed by atoms with Gasteiger partial charge in [-0.25, -0.2) is 4.98 Å². The molecule has 0 aromatic carbocycles. The van der Waals surface area contributed by atoms with Gasteiger partial charge in [0.15, 0.2) is 0 Å². The first-order valence-electron chi connectivity index (χ1n) is 8.80. The fourth-order valence-corrected chi connectivity index (χ4v) is 3.32. The van der Waals surface area contributed by atoms with E-state index in [1.54, 1.807) is 12.3 Å². The van der Waals surface area contributed by atoms with Gasteiger partial charge in [0.25, 0.3) is 0 Å². The predicted octanol–water partition coefficient (Wildman–Crippen LogP) is 1.34. The van der Waals surface area contributed by atoms with Crippen LogP contribution >= 0.6 is 0 Å². The van der Waals surface area contributed by atoms with E-state index in [4.69, 9.17) is 9.47 Å². The summed E-state index contributed by atoms with van der Waals surface area (Å²) in [5.41, 5.74) is 0. The molecular formula is C17H26N4O3. The van der Waals surface area contributed by atoms with Crippen molar-refractivity contribution in [1.29, 1.82) is 0 Å². The van der Waals surface area contributed by atoms with Gasteiger partial charge in [-0.05, 0) is 26.7 Å². The summed E-state index contributed by atoms with van der Waals surface area (Å²) in [7, 11) is 0. The molecule has 7 heteroatoms. The SMILES string of the molecule is CCOc1ccnc(N2CCN(C(=O)[C@H]3CCCO[C@H]3C)CC2)n1. The van der Waals surface area contributed by atoms with Gasteiger partial charge in [0.05, 0.1) is 18.6 Å². The minimum Gasteiger partial charge on any atom is -0.478 e. The van der Waals surface area contributed by atoms with Gasteiger partial charge < -0.3 is 19.3 Å². The molecular weight excluding hydrogens is 308 g/mol. The molecule has 1 amide bonds. The number of aromatic nitrogens is 2. The van der Waals surface area contributed by atoms with Gasteiger partial charge in [0.1, 0.15) is 0 Å². The lowest BCUT2D eigenvalue weighted by Crippen LogP contribution is -2.52. The Morgan fingerprint density at radius 3 is 2.88 bits per heavy atom. The van der Waals surface area contributed by atoms with E-state index in [1.165, 1.54) is 0 Å². The van der Waals surface area contributed by atoms with Crippen molar-refractivity contribution < 1.29 is 14.3 Å². The average Bonchev–Trinajstić information content (AvgIpc) is 2.62. The lowest BCUT2D eigenvalue weighted by atomic mass is 9.93. The molecule has 0 N–H and O–H groups in total. The van der Waals surface area contributed by atoms with Crippen LogP contribution in [0.1, 0.15) is 26.7 Å². The molecule has 0 saturated carbocycles. The summed E-state index contributed by atoms with van der Waals surface area (Å²) in [4.78, 5) is 25.5. The molecule has 2 aliphatic heterocycles. The van der Waals surface area contributed by atoms with Crippen molar-refractivity contribution in [3.63, 3.8) is 0 Å². The Balaban J connectivity index is 1.57. The molecule has 0 radical (unpaired) electrons. The molecule has 3 rings (SSSR count). The van der Waals surface area contributed by atoms with E-state index in [9.17, 15) is 4.79 Å². The second-order valence-electron chi connectivity index (χ2n) is 6.26. The lowest BCUT2D eigenvalue weighted by molar-refractivity contribution is -0.144. The quantitative estimate of drug-likeness (QED) is 0.828. The molecule has 24 heavy (non-hydrogen) atoms. The van der Waals surface area contributed by atoms with Crippen molar-refractivity contribution in [2.75, 3.05) is 44.3 Å². The van der Waals surface area contributed by atoms with E-state index in [0.717, 1.165) is 32.5 Å². The molecule has 7 nitrogen and oxygen atoms in total. The first-order chi connectivity index (χ1) is 11.7. The van der Waals surface area contributed by atoms with Crippen LogP contribution in [0.4, 0.5) is 5.95 Å². The Kier molecular flexibility index (Phi) is 5.50. The number of amides is 1. The maximum absolute atomic E-state index is 12.7. The van der Waals surface area contributed by atoms with Crippen LogP contribution in [0.5, 0.6) is 5.88 Å². The highest BCUT2D eigenvalue weighted by molar-refractivity contribution is 5.79. The van der Waals surface area contributed by atoms with Crippen molar-refractivity contribution >= 4 is 11.9 Å². The third-order valence-corrected chi connectivity index (χ3v) is 4.71. The van der Waals surface area contributed by atoms with Crippen LogP contribution < -0.4 is 9.64 Å². The van der Waals surface area contributed by atoms with Gasteiger partial charge in [0, 0.05) is 45.0 Å². The van der Waals surface area contributed by atoms with Gasteiger partial charge in [0.2, 0.25) is 17.7 Å². The highest BCUT2D eigenvalue weighted by Gasteiger charge is 2.33. The van der Waals surface area contributed by atoms with Crippen LogP contribution in [0.25, 0.3) is 0 Å². The van der Waals surface area contributed by atoms with Crippen LogP contribution in [0.3, 0.4) is 0 Å². The van der Waals surface area contributed by atoms with E-state index >= 15 is 0 Å². The number of nitrogens with zero attached hydrogens (tertiary/aromatic N) is 4. The van der Waals surface area contributed by atoms with Gasteiger partial charge >= 0.3 is 0 Å². The molecule has 1 aromatic heterocycles. The first kappa shape index (κ1) is 17.0. The summed E-state index contributed by atoms with van der Waals surface area (Å²) in [6, 6.07) is 1.76. The molecule has 3 heterocycles. The van der Waals surface area contributed by atoms with Crippen molar-refractivity contribution in [2.24, 2.45) is 5.92 Å². The smallest absolute Gasteiger partial charge is 0.228 e. The largest absolute Gasteiger partial charge is 0.478 e. The van der Waals surface area contributed by atoms with Crippen LogP contribution in [0, 0.1) is 5.92 Å². The van der Waals surface area contributed by atoms with E-state index < -0.39 is 0 Å². The van der Waals surface area contributed by atoms with Gasteiger partial charge in [-0.15, -0.1) is 0 Å². The zero-order valence-corrected chi connectivity index (χ0v) is 14.5. The molecule has 132 valence electrons. The molecule has 2 saturated heterocycles. The van der Waals surface area contributed by atoms with Crippen molar-refractivity contribution in [2.45, 2.75) is 32.8 Å². The molecule has 2 atom stereocenters. The van der Waals surface area contributed by atoms with Gasteiger partial charge in [-0.1, -0.05) is 0 Å². The normalized spacial score (nSPS) is 24.8. The predicted molar refractivity (Wildman–Crippen MR) is 90.1 cm³/mol. The second kappa shape index (κ2) is 7.79. The molecule has 1 aromatic rings. The fourth-order valence-electron chi connectivity index (χ4n) is 3.32. The topological polar surface area (TPSA) is 67.8 Å². The van der Waals surface area contributed by atoms with E-state index in [2.05, 4.69) is 14.9 Å². The average molecular weight is 334 g/mol. The molecule has 0 bridgehead atoms. The van der Waals surface area contributed by atoms with E-state index in [1.807, 2.05) is 18.7 Å². The minimum absolute atomic E-state index is 0.00262. The minimum atomic E-state index is 0.00262. The monoisotopic (exact) mass is 334 g/mol. The van der Waals surface area contributed by atoms with Gasteiger partial charge in [-0.2, -0.15) is 4.98 Å². The molecule has 0 spiro atoms. The Hall–Kier alpha value is -1.89. The zero-order valence-electron chi connectivity index (χ0n) is 14.5. The number of hydrogen-bond acceptors (Lipinski definition) is 6. The summed E-state index contributed by atoms with van der Waals surface area (Å²) in [6.07, 6.45) is 3.64. The van der Waals surface area contributed by atoms with Crippen LogP contribution in [-0.4, -0.2) is 66.3 Å². The zero-order chi connectivity index (χ0) is 16.9. The number of anilines is 1. The van der Waals surface area contributed by atoms with Crippen LogP contribution in [0.15, 0.2) is 12.3 Å². The number of carbonyl (C=O) groups is 1. The second-order valence-corrected chi connectivity index (χ2v) is 6.26. The highest BCUT2D eigenvalue weighted by atomic mass is 16.5. The third kappa shape index (κ3) is 3.77. The Morgan fingerprint density at radius 2 is 2.17 bits per heavy atom. The Bertz CT molecular complexity index is 561. The van der Waals surface area contributed by atoms with Gasteiger partial charge in [-0.3, -0.25) is 4.79 Å². The van der Waals surface area contributed by atoms with Crippen LogP contribution in [-0.2, 0) is 9.53 Å². The maximum Gasteiger partial charge on any atom is 0.228 e. The third-order valence-electron chi connectivity index (χ3n) is 4.71. The fraction of sp³-hybridized carbons (Fsp3) is 0.706. The number of carbonyl (C=O) groups excluding carboxylic acids is 1. The Labute approximate surface area is 143 Å². The number of piperazine rings is 1. The van der Waals surface area contributed by atoms with Crippen molar-refractivity contribution in [3.8, 4) is 5.88 Å². The van der Waals surface area contributed by atoms with E-state index in [-0.39, 0.29) is 17.9 Å². The Morgan fingerprint density at radius 1 is 1.38 bits per heavy atom. The summed E-state index contributed by atoms with van der Waals surface area (Å²) < 4.78 is 11.1. The van der Waals surface area contributed by atoms with E-state index in [0.29, 0.717) is 31.5 Å². The summed E-state index contributed by atoms with van der Waals surface area (Å²) in [5, 5.41) is 0. The highest BCUT2D eigenvalue weighted by Crippen LogP contribution is 2.24. The molecule has 2 fully saturated rings. The summed E-state index contributed by atoms with van der Waals surface area (Å²) >= 11 is 0. The summed E-state index contributed by atoms with van der Waals surface area (Å²) in [6.45, 7) is 8.17. The number of ether oxygens (including phenoxy) is 2. The number of rotatable bonds is 4. The number of hydrogen-bond donors (Lipinski definition) is 0. The molecule has 2 aliphatic rings. The van der Waals surface area contributed by atoms with Crippen molar-refractivity contribution in [1.82, 2.24) is 14.9 Å². The standard InChI is InChI=1S/C17H26N4O3/c1-3-23-15-6-7-18-17(19-15)21-10-8-20(9-11-21)16(22)14-5-4-12-24-13(14)2/h6-7,13-14H,3-5,8-12H2,1-2H3/t13-,14-/m0/s1. The maximum atomic E-state index is 12.7. The molecule has 0 aliphatic carbocycles. The first-order valence-corrected chi connectivity index (χ1v) is 8.80. The lowest BCUT2D eigenvalue weighted by Gasteiger charge is -2.38. The molecule has 0 unspecified atom stereocenters. The van der Waals surface area contributed by atoms with Crippen LogP contribution in [0.2, 0.25) is 0 Å².